The van der Waals surface area contributed by atoms with E-state index in [1.807, 2.05) is 0 Å². The molecule has 0 aliphatic carbocycles. The Morgan fingerprint density at radius 2 is 1.50 bits per heavy atom. The van der Waals surface area contributed by atoms with Gasteiger partial charge in [-0.05, 0) is 0 Å². The van der Waals surface area contributed by atoms with Crippen molar-refractivity contribution in [1.29, 1.82) is 0 Å². The van der Waals surface area contributed by atoms with Crippen LogP contribution in [0.3, 0.4) is 0 Å². The van der Waals surface area contributed by atoms with E-state index in [2.05, 4.69) is 3.07 Å². The van der Waals surface area contributed by atoms with Gasteiger partial charge in [0.05, 0.1) is 0 Å². The van der Waals surface area contributed by atoms with Crippen LogP contribution in [0.1, 0.15) is 10.4 Å². The number of carbonyl (C=O) groups is 1. The van der Waals surface area contributed by atoms with E-state index < -0.39 is 51.4 Å². The van der Waals surface area contributed by atoms with Gasteiger partial charge in [-0.1, -0.05) is 0 Å². The molecule has 0 bridgehead atoms. The van der Waals surface area contributed by atoms with Crippen LogP contribution < -0.4 is 0 Å². The molecule has 112 valence electrons. The molecule has 0 N–H and O–H groups in total. The molecule has 0 fully saturated rings. The first-order valence-electron chi connectivity index (χ1n) is 4.84. The van der Waals surface area contributed by atoms with Gasteiger partial charge in [0.1, 0.15) is 0 Å². The third kappa shape index (κ3) is 2.04. The van der Waals surface area contributed by atoms with Crippen molar-refractivity contribution in [3.63, 3.8) is 0 Å². The Hall–Kier alpha value is -1.07. The van der Waals surface area contributed by atoms with Gasteiger partial charge in [0.2, 0.25) is 0 Å². The third-order valence-electron chi connectivity index (χ3n) is 2.35. The Balaban J connectivity index is 2.50. The predicted octanol–water partition coefficient (Wildman–Crippen LogP) is 4.24. The first kappa shape index (κ1) is 15.3. The molecule has 1 aromatic rings. The SMILES string of the molecule is O=C1OI(C(F)(F)C(F)(F)C(F)(F)F)c2ccccc21. The Bertz CT molecular complexity index is 555. The number of rotatable bonds is 2. The van der Waals surface area contributed by atoms with Gasteiger partial charge < -0.3 is 0 Å². The van der Waals surface area contributed by atoms with Gasteiger partial charge in [-0.25, -0.2) is 0 Å². The summed E-state index contributed by atoms with van der Waals surface area (Å²) >= 11 is -4.83. The number of alkyl halides is 8. The molecule has 0 atom stereocenters. The molecule has 2 rings (SSSR count). The van der Waals surface area contributed by atoms with E-state index in [0.29, 0.717) is 0 Å². The van der Waals surface area contributed by atoms with Gasteiger partial charge in [-0.3, -0.25) is 0 Å². The fourth-order valence-corrected chi connectivity index (χ4v) is 5.64. The van der Waals surface area contributed by atoms with E-state index in [-0.39, 0.29) is 0 Å². The standard InChI is InChI=1S/C10H4F7IO2/c11-8(12,9(13,14)15)10(16,17)18-6-4-2-1-3-5(6)7(19)20-18/h1-4H. The summed E-state index contributed by atoms with van der Waals surface area (Å²) in [5.41, 5.74) is -0.393. The summed E-state index contributed by atoms with van der Waals surface area (Å²) in [7, 11) is 0. The number of hydrogen-bond donors (Lipinski definition) is 0. The van der Waals surface area contributed by atoms with Crippen LogP contribution >= 0.6 is 20.2 Å². The summed E-state index contributed by atoms with van der Waals surface area (Å²) in [6.07, 6.45) is -6.43. The molecule has 0 aromatic heterocycles. The van der Waals surface area contributed by atoms with E-state index in [1.54, 1.807) is 0 Å². The van der Waals surface area contributed by atoms with Crippen molar-refractivity contribution in [3.05, 3.63) is 33.4 Å². The van der Waals surface area contributed by atoms with Crippen molar-refractivity contribution in [1.82, 2.24) is 0 Å². The second kappa shape index (κ2) is 4.46. The van der Waals surface area contributed by atoms with Gasteiger partial charge in [0.15, 0.2) is 0 Å². The summed E-state index contributed by atoms with van der Waals surface area (Å²) in [4.78, 5) is 11.3. The predicted molar refractivity (Wildman–Crippen MR) is 60.5 cm³/mol. The van der Waals surface area contributed by atoms with Crippen LogP contribution in [-0.4, -0.2) is 22.0 Å². The quantitative estimate of drug-likeness (QED) is 0.410. The van der Waals surface area contributed by atoms with Crippen molar-refractivity contribution in [2.75, 3.05) is 0 Å². The molecule has 1 aliphatic heterocycles. The molecule has 0 saturated carbocycles. The molecule has 1 aromatic carbocycles. The van der Waals surface area contributed by atoms with Crippen molar-refractivity contribution in [2.24, 2.45) is 0 Å². The Kier molecular flexibility index (Phi) is 3.42. The minimum absolute atomic E-state index is 0.393. The zero-order valence-electron chi connectivity index (χ0n) is 9.15. The number of hydrogen-bond acceptors (Lipinski definition) is 2. The number of benzene rings is 1. The van der Waals surface area contributed by atoms with Crippen molar-refractivity contribution >= 4 is 26.2 Å². The molecular weight excluding hydrogens is 412 g/mol. The van der Waals surface area contributed by atoms with Crippen LogP contribution in [0.2, 0.25) is 0 Å². The van der Waals surface area contributed by atoms with Gasteiger partial charge in [0, 0.05) is 0 Å². The summed E-state index contributed by atoms with van der Waals surface area (Å²) in [5, 5.41) is 0. The second-order valence-corrected chi connectivity index (χ2v) is 8.04. The van der Waals surface area contributed by atoms with E-state index in [1.165, 1.54) is 6.07 Å². The molecule has 0 amide bonds. The minimum atomic E-state index is -6.43. The molecule has 1 heterocycles. The number of fused-ring (bicyclic) bond motifs is 1. The molecule has 20 heavy (non-hydrogen) atoms. The van der Waals surface area contributed by atoms with E-state index in [0.717, 1.165) is 18.2 Å². The van der Waals surface area contributed by atoms with Gasteiger partial charge in [-0.15, -0.1) is 0 Å². The van der Waals surface area contributed by atoms with Crippen LogP contribution in [0, 0.1) is 3.57 Å². The van der Waals surface area contributed by atoms with Crippen molar-refractivity contribution in [3.8, 4) is 0 Å². The zero-order valence-corrected chi connectivity index (χ0v) is 11.3. The van der Waals surface area contributed by atoms with Crippen LogP contribution in [-0.2, 0) is 3.07 Å². The molecular formula is C10H4F7IO2. The van der Waals surface area contributed by atoms with E-state index >= 15 is 0 Å². The topological polar surface area (TPSA) is 26.3 Å². The third-order valence-corrected chi connectivity index (χ3v) is 7.10. The first-order chi connectivity index (χ1) is 9.00. The fraction of sp³-hybridized carbons (Fsp3) is 0.300. The van der Waals surface area contributed by atoms with Gasteiger partial charge in [-0.2, -0.15) is 0 Å². The molecule has 2 nitrogen and oxygen atoms in total. The van der Waals surface area contributed by atoms with Gasteiger partial charge >= 0.3 is 114 Å². The fourth-order valence-electron chi connectivity index (χ4n) is 1.37. The van der Waals surface area contributed by atoms with Crippen LogP contribution in [0.25, 0.3) is 0 Å². The molecule has 0 spiro atoms. The number of carbonyl (C=O) groups excluding carboxylic acids is 1. The van der Waals surface area contributed by atoms with Gasteiger partial charge in [0.25, 0.3) is 0 Å². The summed E-state index contributed by atoms with van der Waals surface area (Å²) in [6.45, 7) is 0. The number of halogens is 8. The molecule has 0 radical (unpaired) electrons. The average molecular weight is 416 g/mol. The Labute approximate surface area is 114 Å². The molecule has 1 aliphatic rings. The Morgan fingerprint density at radius 1 is 0.950 bits per heavy atom. The molecule has 0 saturated heterocycles. The maximum atomic E-state index is 13.6. The Morgan fingerprint density at radius 3 is 2.05 bits per heavy atom. The molecule has 10 heteroatoms. The summed E-state index contributed by atoms with van der Waals surface area (Å²) < 4.78 is 87.6. The van der Waals surface area contributed by atoms with Crippen LogP contribution in [0.5, 0.6) is 0 Å². The van der Waals surface area contributed by atoms with Crippen LogP contribution in [0.4, 0.5) is 30.7 Å². The molecule has 0 unspecified atom stereocenters. The zero-order chi connectivity index (χ0) is 15.3. The van der Waals surface area contributed by atoms with Crippen molar-refractivity contribution < 1.29 is 38.6 Å². The van der Waals surface area contributed by atoms with E-state index in [4.69, 9.17) is 0 Å². The summed E-state index contributed by atoms with van der Waals surface area (Å²) in [5.74, 6) is -7.56. The average Bonchev–Trinajstić information content (AvgIpc) is 2.66. The van der Waals surface area contributed by atoms with Crippen molar-refractivity contribution in [2.45, 2.75) is 16.0 Å². The monoisotopic (exact) mass is 416 g/mol. The van der Waals surface area contributed by atoms with E-state index in [9.17, 15) is 35.5 Å². The maximum absolute atomic E-state index is 13.6. The second-order valence-electron chi connectivity index (χ2n) is 3.66. The normalized spacial score (nSPS) is 17.9. The van der Waals surface area contributed by atoms with Crippen LogP contribution in [0.15, 0.2) is 24.3 Å². The first-order valence-corrected chi connectivity index (χ1v) is 7.88. The summed E-state index contributed by atoms with van der Waals surface area (Å²) in [6, 6.07) is 4.37.